The largest absolute Gasteiger partial charge is 0.505 e. The first-order valence-electron chi connectivity index (χ1n) is 15.4. The lowest BCUT2D eigenvalue weighted by Crippen LogP contribution is -2.02. The van der Waals surface area contributed by atoms with Gasteiger partial charge in [-0.15, -0.1) is 15.3 Å². The van der Waals surface area contributed by atoms with Crippen LogP contribution in [-0.2, 0) is 10.1 Å². The van der Waals surface area contributed by atoms with E-state index in [2.05, 4.69) is 25.8 Å². The highest BCUT2D eigenvalue weighted by Crippen LogP contribution is 2.45. The van der Waals surface area contributed by atoms with Crippen LogP contribution in [0.1, 0.15) is 49.7 Å². The average Bonchev–Trinajstić information content (AvgIpc) is 3.03. The summed E-state index contributed by atoms with van der Waals surface area (Å²) in [5.74, 6) is 0.0904. The zero-order valence-electron chi connectivity index (χ0n) is 27.2. The van der Waals surface area contributed by atoms with Crippen molar-refractivity contribution in [2.75, 3.05) is 32.6 Å². The molecule has 0 aliphatic rings. The summed E-state index contributed by atoms with van der Waals surface area (Å²) in [6, 6.07) is 15.3. The van der Waals surface area contributed by atoms with Gasteiger partial charge in [-0.25, -0.2) is 0 Å². The number of unbranched alkanes of at least 4 members (excludes halogenated alkanes) is 5. The van der Waals surface area contributed by atoms with Gasteiger partial charge in [0.15, 0.2) is 5.75 Å². The second kappa shape index (κ2) is 16.3. The normalized spacial score (nSPS) is 12.0. The van der Waals surface area contributed by atoms with Crippen LogP contribution in [-0.4, -0.2) is 45.4 Å². The minimum Gasteiger partial charge on any atom is -0.505 e. The summed E-state index contributed by atoms with van der Waals surface area (Å²) in [4.78, 5) is -0.591. The Morgan fingerprint density at radius 2 is 1.36 bits per heavy atom. The van der Waals surface area contributed by atoms with E-state index in [1.165, 1.54) is 26.4 Å². The zero-order valence-corrected chi connectivity index (χ0v) is 28.0. The first-order chi connectivity index (χ1) is 22.5. The summed E-state index contributed by atoms with van der Waals surface area (Å²) in [5, 5.41) is 32.3. The predicted molar refractivity (Wildman–Crippen MR) is 184 cm³/mol. The Morgan fingerprint density at radius 1 is 0.766 bits per heavy atom. The molecule has 0 fully saturated rings. The van der Waals surface area contributed by atoms with Crippen LogP contribution in [0.2, 0.25) is 0 Å². The van der Waals surface area contributed by atoms with Crippen LogP contribution in [0.25, 0.3) is 10.8 Å². The Balaban J connectivity index is 1.63. The molecule has 0 saturated heterocycles. The third-order valence-corrected chi connectivity index (χ3v) is 8.38. The summed E-state index contributed by atoms with van der Waals surface area (Å²) < 4.78 is 45.8. The number of benzene rings is 4. The molecule has 0 amide bonds. The molecule has 0 aliphatic heterocycles. The van der Waals surface area contributed by atoms with Crippen molar-refractivity contribution in [2.24, 2.45) is 26.2 Å². The molecule has 12 nitrogen and oxygen atoms in total. The number of hydrogen-bond donors (Lipinski definition) is 4. The number of aryl methyl sites for hydroxylation is 2. The van der Waals surface area contributed by atoms with Crippen molar-refractivity contribution >= 4 is 49.3 Å². The molecule has 250 valence electrons. The van der Waals surface area contributed by atoms with Crippen LogP contribution in [0.15, 0.2) is 79.9 Å². The van der Waals surface area contributed by atoms with Crippen molar-refractivity contribution in [1.29, 1.82) is 0 Å². The van der Waals surface area contributed by atoms with Gasteiger partial charge in [-0.05, 0) is 80.1 Å². The molecular weight excluding hydrogens is 620 g/mol. The summed E-state index contributed by atoms with van der Waals surface area (Å²) in [5.41, 5.74) is 9.17. The second-order valence-corrected chi connectivity index (χ2v) is 12.7. The van der Waals surface area contributed by atoms with E-state index in [1.54, 1.807) is 24.3 Å². The van der Waals surface area contributed by atoms with Gasteiger partial charge in [-0.1, -0.05) is 37.8 Å². The van der Waals surface area contributed by atoms with Gasteiger partial charge in [0.25, 0.3) is 10.1 Å². The number of phenolic OH excluding ortho intramolecular Hbond substituents is 1. The summed E-state index contributed by atoms with van der Waals surface area (Å²) in [7, 11) is -1.90. The van der Waals surface area contributed by atoms with Crippen molar-refractivity contribution in [3.63, 3.8) is 0 Å². The topological polar surface area (TPSA) is 181 Å². The van der Waals surface area contributed by atoms with Gasteiger partial charge in [0.2, 0.25) is 0 Å². The monoisotopic (exact) mass is 662 g/mol. The van der Waals surface area contributed by atoms with E-state index >= 15 is 0 Å². The number of azo groups is 2. The lowest BCUT2D eigenvalue weighted by molar-refractivity contribution is 0.405. The van der Waals surface area contributed by atoms with E-state index in [0.29, 0.717) is 27.9 Å². The fourth-order valence-corrected chi connectivity index (χ4v) is 5.86. The summed E-state index contributed by atoms with van der Waals surface area (Å²) in [6.07, 6.45) is 6.56. The van der Waals surface area contributed by atoms with E-state index in [0.717, 1.165) is 68.4 Å². The predicted octanol–water partition coefficient (Wildman–Crippen LogP) is 8.97. The fourth-order valence-electron chi connectivity index (χ4n) is 5.20. The number of rotatable bonds is 16. The van der Waals surface area contributed by atoms with Gasteiger partial charge in [-0.2, -0.15) is 13.5 Å². The maximum absolute atomic E-state index is 12.4. The lowest BCUT2D eigenvalue weighted by atomic mass is 10.1. The molecule has 5 N–H and O–H groups in total. The molecule has 0 spiro atoms. The molecule has 4 aromatic carbocycles. The number of methoxy groups -OCH3 is 2. The molecule has 13 heteroatoms. The molecule has 0 unspecified atom stereocenters. The minimum atomic E-state index is -4.79. The Kier molecular flexibility index (Phi) is 12.2. The van der Waals surface area contributed by atoms with Crippen molar-refractivity contribution in [2.45, 2.75) is 57.3 Å². The van der Waals surface area contributed by atoms with Crippen molar-refractivity contribution < 1.29 is 27.6 Å². The van der Waals surface area contributed by atoms with Gasteiger partial charge in [-0.3, -0.25) is 4.55 Å². The number of nitrogens with one attached hydrogen (secondary N) is 1. The van der Waals surface area contributed by atoms with Gasteiger partial charge >= 0.3 is 0 Å². The molecule has 0 saturated carbocycles. The average molecular weight is 663 g/mol. The SMILES string of the molecule is COc1cc(N=Nc2c(S(=O)(=O)O)cc3ccc(NCCCCCCCCN)cc3c2O)c(OC)cc1N=Nc1cc(C)cc(C)c1. The Labute approximate surface area is 275 Å². The van der Waals surface area contributed by atoms with Gasteiger partial charge < -0.3 is 25.6 Å². The van der Waals surface area contributed by atoms with Crippen LogP contribution in [0, 0.1) is 13.8 Å². The number of nitrogens with two attached hydrogens (primary N) is 1. The summed E-state index contributed by atoms with van der Waals surface area (Å²) in [6.45, 7) is 5.41. The van der Waals surface area contributed by atoms with Gasteiger partial charge in [0.1, 0.15) is 33.5 Å². The van der Waals surface area contributed by atoms with E-state index in [4.69, 9.17) is 15.2 Å². The van der Waals surface area contributed by atoms with Crippen LogP contribution in [0.4, 0.5) is 28.4 Å². The van der Waals surface area contributed by atoms with E-state index in [9.17, 15) is 18.1 Å². The third kappa shape index (κ3) is 9.47. The molecule has 0 heterocycles. The fraction of sp³-hybridized carbons (Fsp3) is 0.353. The highest BCUT2D eigenvalue weighted by atomic mass is 32.2. The van der Waals surface area contributed by atoms with E-state index in [-0.39, 0.29) is 11.4 Å². The van der Waals surface area contributed by atoms with Crippen LogP contribution in [0.5, 0.6) is 17.2 Å². The Morgan fingerprint density at radius 3 is 1.96 bits per heavy atom. The van der Waals surface area contributed by atoms with Crippen LogP contribution >= 0.6 is 0 Å². The van der Waals surface area contributed by atoms with Gasteiger partial charge in [0, 0.05) is 29.8 Å². The Hall–Kier alpha value is -4.59. The Bertz CT molecular complexity index is 1860. The number of hydrogen-bond acceptors (Lipinski definition) is 11. The van der Waals surface area contributed by atoms with Gasteiger partial charge in [0.05, 0.1) is 19.9 Å². The molecule has 4 rings (SSSR count). The minimum absolute atomic E-state index is 0.161. The quantitative estimate of drug-likeness (QED) is 0.0521. The maximum atomic E-state index is 12.4. The smallest absolute Gasteiger partial charge is 0.296 e. The molecule has 4 aromatic rings. The number of fused-ring (bicyclic) bond motifs is 1. The highest BCUT2D eigenvalue weighted by Gasteiger charge is 2.23. The number of nitrogens with zero attached hydrogens (tertiary/aromatic N) is 4. The number of ether oxygens (including phenoxy) is 2. The molecule has 0 atom stereocenters. The highest BCUT2D eigenvalue weighted by molar-refractivity contribution is 7.86. The standard InChI is InChI=1S/C34H42N6O6S/c1-22-15-23(2)17-26(16-22)37-38-28-20-31(46-4)29(21-30(28)45-3)39-40-33-32(47(42,43)44)18-24-11-12-25(19-27(24)34(33)41)36-14-10-8-6-5-7-9-13-35/h11-12,15-21,36,41H,5-10,13-14,35H2,1-4H3,(H,42,43,44). The van der Waals surface area contributed by atoms with E-state index in [1.807, 2.05) is 32.0 Å². The molecular formula is C34H42N6O6S. The number of aromatic hydroxyl groups is 1. The first-order valence-corrected chi connectivity index (χ1v) is 16.9. The molecule has 0 aromatic heterocycles. The van der Waals surface area contributed by atoms with Crippen molar-refractivity contribution in [1.82, 2.24) is 0 Å². The van der Waals surface area contributed by atoms with Crippen LogP contribution in [0.3, 0.4) is 0 Å². The first kappa shape index (κ1) is 35.3. The van der Waals surface area contributed by atoms with Crippen LogP contribution < -0.4 is 20.5 Å². The number of phenols is 1. The maximum Gasteiger partial charge on any atom is 0.296 e. The molecule has 0 radical (unpaired) electrons. The molecule has 0 bridgehead atoms. The molecule has 0 aliphatic carbocycles. The summed E-state index contributed by atoms with van der Waals surface area (Å²) >= 11 is 0. The van der Waals surface area contributed by atoms with E-state index < -0.39 is 26.5 Å². The second-order valence-electron chi connectivity index (χ2n) is 11.3. The zero-order chi connectivity index (χ0) is 34.0. The number of anilines is 1. The third-order valence-electron chi connectivity index (χ3n) is 7.51. The van der Waals surface area contributed by atoms with Crippen molar-refractivity contribution in [3.05, 3.63) is 65.7 Å². The lowest BCUT2D eigenvalue weighted by Gasteiger charge is -2.12. The molecule has 47 heavy (non-hydrogen) atoms. The van der Waals surface area contributed by atoms with Crippen molar-refractivity contribution in [3.8, 4) is 17.2 Å².